The van der Waals surface area contributed by atoms with E-state index >= 15 is 0 Å². The number of amides is 1. The summed E-state index contributed by atoms with van der Waals surface area (Å²) in [6.07, 6.45) is 0.595. The van der Waals surface area contributed by atoms with E-state index in [9.17, 15) is 13.6 Å². The molecule has 20 heavy (non-hydrogen) atoms. The number of carbonyl (C=O) groups excluding carboxylic acids is 1. The van der Waals surface area contributed by atoms with Crippen LogP contribution in [0.15, 0.2) is 24.3 Å². The lowest BCUT2D eigenvalue weighted by molar-refractivity contribution is -0.123. The molecule has 2 aliphatic carbocycles. The van der Waals surface area contributed by atoms with Crippen molar-refractivity contribution in [3.05, 3.63) is 35.4 Å². The number of nitrogens with one attached hydrogen (secondary N) is 2. The largest absolute Gasteiger partial charge is 0.351 e. The molecule has 0 bridgehead atoms. The van der Waals surface area contributed by atoms with Crippen molar-refractivity contribution >= 4 is 5.91 Å². The molecule has 1 saturated carbocycles. The van der Waals surface area contributed by atoms with Crippen LogP contribution in [-0.2, 0) is 11.2 Å². The summed E-state index contributed by atoms with van der Waals surface area (Å²) in [6, 6.07) is 7.65. The van der Waals surface area contributed by atoms with Crippen molar-refractivity contribution in [3.63, 3.8) is 0 Å². The highest BCUT2D eigenvalue weighted by Crippen LogP contribution is 2.56. The highest BCUT2D eigenvalue weighted by Gasteiger charge is 2.57. The summed E-state index contributed by atoms with van der Waals surface area (Å²) in [5.41, 5.74) is 2.67. The number of halogens is 2. The predicted molar refractivity (Wildman–Crippen MR) is 69.7 cm³/mol. The molecule has 4 unspecified atom stereocenters. The minimum absolute atomic E-state index is 0.133. The van der Waals surface area contributed by atoms with Gasteiger partial charge in [0.1, 0.15) is 0 Å². The van der Waals surface area contributed by atoms with E-state index in [-0.39, 0.29) is 11.9 Å². The Morgan fingerprint density at radius 1 is 1.35 bits per heavy atom. The zero-order valence-electron chi connectivity index (χ0n) is 10.9. The first kappa shape index (κ1) is 12.3. The van der Waals surface area contributed by atoms with Gasteiger partial charge in [0, 0.05) is 18.4 Å². The van der Waals surface area contributed by atoms with Gasteiger partial charge >= 0.3 is 0 Å². The van der Waals surface area contributed by atoms with Crippen molar-refractivity contribution in [2.75, 3.05) is 6.54 Å². The zero-order valence-corrected chi connectivity index (χ0v) is 10.9. The molecule has 1 aromatic rings. The van der Waals surface area contributed by atoms with Crippen LogP contribution in [0.25, 0.3) is 0 Å². The van der Waals surface area contributed by atoms with E-state index < -0.39 is 24.9 Å². The molecule has 4 rings (SSSR count). The maximum atomic E-state index is 13.1. The number of hydrogen-bond acceptors (Lipinski definition) is 2. The van der Waals surface area contributed by atoms with Gasteiger partial charge in [0.15, 0.2) is 0 Å². The Labute approximate surface area is 115 Å². The normalized spacial score (nSPS) is 36.3. The molecule has 0 spiro atoms. The SMILES string of the molecule is O=C(NC1C2Cc3ccccc3C21)C1CC(F)(F)CN1. The molecule has 3 nitrogen and oxygen atoms in total. The zero-order chi connectivity index (χ0) is 13.9. The van der Waals surface area contributed by atoms with E-state index in [2.05, 4.69) is 22.8 Å². The van der Waals surface area contributed by atoms with Gasteiger partial charge in [-0.25, -0.2) is 8.78 Å². The fourth-order valence-corrected chi connectivity index (χ4v) is 3.71. The summed E-state index contributed by atoms with van der Waals surface area (Å²) in [4.78, 5) is 12.0. The molecule has 1 heterocycles. The topological polar surface area (TPSA) is 41.1 Å². The summed E-state index contributed by atoms with van der Waals surface area (Å²) in [5.74, 6) is -2.19. The van der Waals surface area contributed by atoms with Gasteiger partial charge in [0.25, 0.3) is 5.92 Å². The van der Waals surface area contributed by atoms with Crippen LogP contribution < -0.4 is 10.6 Å². The van der Waals surface area contributed by atoms with Crippen molar-refractivity contribution in [3.8, 4) is 0 Å². The standard InChI is InChI=1S/C15H16F2N2O/c16-15(17)6-11(18-7-15)14(20)19-13-10-5-8-3-1-2-4-9(8)12(10)13/h1-4,10-13,18H,5-7H2,(H,19,20). The molecule has 4 atom stereocenters. The Hall–Kier alpha value is -1.49. The fraction of sp³-hybridized carbons (Fsp3) is 0.533. The maximum Gasteiger partial charge on any atom is 0.262 e. The molecule has 106 valence electrons. The molecular weight excluding hydrogens is 262 g/mol. The smallest absolute Gasteiger partial charge is 0.262 e. The first-order valence-electron chi connectivity index (χ1n) is 7.04. The van der Waals surface area contributed by atoms with Gasteiger partial charge in [0.05, 0.1) is 12.6 Å². The van der Waals surface area contributed by atoms with Crippen LogP contribution in [0.3, 0.4) is 0 Å². The van der Waals surface area contributed by atoms with Crippen LogP contribution in [0.2, 0.25) is 0 Å². The van der Waals surface area contributed by atoms with Gasteiger partial charge in [-0.1, -0.05) is 24.3 Å². The number of fused-ring (bicyclic) bond motifs is 3. The van der Waals surface area contributed by atoms with E-state index in [1.54, 1.807) is 0 Å². The lowest BCUT2D eigenvalue weighted by Crippen LogP contribution is -2.42. The van der Waals surface area contributed by atoms with Crippen molar-refractivity contribution in [2.24, 2.45) is 5.92 Å². The van der Waals surface area contributed by atoms with Crippen LogP contribution >= 0.6 is 0 Å². The average molecular weight is 278 g/mol. The minimum Gasteiger partial charge on any atom is -0.351 e. The molecule has 2 fully saturated rings. The summed E-state index contributed by atoms with van der Waals surface area (Å²) in [5, 5.41) is 5.54. The van der Waals surface area contributed by atoms with Crippen LogP contribution in [0.1, 0.15) is 23.5 Å². The van der Waals surface area contributed by atoms with E-state index in [0.29, 0.717) is 11.8 Å². The lowest BCUT2D eigenvalue weighted by Gasteiger charge is -2.13. The fourth-order valence-electron chi connectivity index (χ4n) is 3.71. The number of rotatable bonds is 2. The second kappa shape index (κ2) is 4.01. The second-order valence-electron chi connectivity index (χ2n) is 6.12. The summed E-state index contributed by atoms with van der Waals surface area (Å²) in [7, 11) is 0. The predicted octanol–water partition coefficient (Wildman–Crippen LogP) is 1.44. The molecule has 2 N–H and O–H groups in total. The first-order valence-corrected chi connectivity index (χ1v) is 7.04. The highest BCUT2D eigenvalue weighted by molar-refractivity contribution is 5.83. The third kappa shape index (κ3) is 1.84. The van der Waals surface area contributed by atoms with E-state index in [0.717, 1.165) is 6.42 Å². The van der Waals surface area contributed by atoms with Gasteiger partial charge in [-0.2, -0.15) is 0 Å². The molecule has 1 aromatic carbocycles. The van der Waals surface area contributed by atoms with Gasteiger partial charge in [-0.15, -0.1) is 0 Å². The van der Waals surface area contributed by atoms with E-state index in [4.69, 9.17) is 0 Å². The number of hydrogen-bond donors (Lipinski definition) is 2. The molecular formula is C15H16F2N2O. The monoisotopic (exact) mass is 278 g/mol. The lowest BCUT2D eigenvalue weighted by atomic mass is 10.0. The first-order chi connectivity index (χ1) is 9.55. The van der Waals surface area contributed by atoms with Crippen molar-refractivity contribution in [1.82, 2.24) is 10.6 Å². The third-order valence-electron chi connectivity index (χ3n) is 4.77. The molecule has 3 aliphatic rings. The van der Waals surface area contributed by atoms with Crippen molar-refractivity contribution in [2.45, 2.75) is 36.8 Å². The maximum absolute atomic E-state index is 13.1. The number of carbonyl (C=O) groups is 1. The Kier molecular flexibility index (Phi) is 2.46. The van der Waals surface area contributed by atoms with Gasteiger partial charge in [-0.05, 0) is 23.5 Å². The van der Waals surface area contributed by atoms with Crippen LogP contribution in [-0.4, -0.2) is 30.5 Å². The third-order valence-corrected chi connectivity index (χ3v) is 4.77. The molecule has 0 aromatic heterocycles. The van der Waals surface area contributed by atoms with Crippen molar-refractivity contribution in [1.29, 1.82) is 0 Å². The minimum atomic E-state index is -2.76. The molecule has 0 radical (unpaired) electrons. The summed E-state index contributed by atoms with van der Waals surface area (Å²) < 4.78 is 26.2. The van der Waals surface area contributed by atoms with E-state index in [1.807, 2.05) is 12.1 Å². The summed E-state index contributed by atoms with van der Waals surface area (Å²) >= 11 is 0. The molecule has 1 aliphatic heterocycles. The van der Waals surface area contributed by atoms with E-state index in [1.165, 1.54) is 11.1 Å². The number of benzene rings is 1. The molecule has 5 heteroatoms. The summed E-state index contributed by atoms with van der Waals surface area (Å²) in [6.45, 7) is -0.397. The van der Waals surface area contributed by atoms with Crippen LogP contribution in [0.5, 0.6) is 0 Å². The average Bonchev–Trinajstić information content (AvgIpc) is 2.79. The van der Waals surface area contributed by atoms with Gasteiger partial charge in [0.2, 0.25) is 5.91 Å². The quantitative estimate of drug-likeness (QED) is 0.859. The Bertz CT molecular complexity index is 575. The highest BCUT2D eigenvalue weighted by atomic mass is 19.3. The second-order valence-corrected chi connectivity index (χ2v) is 6.12. The number of alkyl halides is 2. The molecule has 1 amide bonds. The molecule has 1 saturated heterocycles. The van der Waals surface area contributed by atoms with Crippen LogP contribution in [0, 0.1) is 5.92 Å². The van der Waals surface area contributed by atoms with Crippen LogP contribution in [0.4, 0.5) is 8.78 Å². The van der Waals surface area contributed by atoms with Crippen molar-refractivity contribution < 1.29 is 13.6 Å². The Balaban J connectivity index is 1.40. The Morgan fingerprint density at radius 3 is 2.90 bits per heavy atom. The Morgan fingerprint density at radius 2 is 2.15 bits per heavy atom. The van der Waals surface area contributed by atoms with Gasteiger partial charge in [-0.3, -0.25) is 10.1 Å². The van der Waals surface area contributed by atoms with Gasteiger partial charge < -0.3 is 5.32 Å².